The summed E-state index contributed by atoms with van der Waals surface area (Å²) in [4.78, 5) is 12.1. The molecule has 0 radical (unpaired) electrons. The summed E-state index contributed by atoms with van der Waals surface area (Å²) in [5, 5.41) is 2.90. The fourth-order valence-corrected chi connectivity index (χ4v) is 2.19. The van der Waals surface area contributed by atoms with Gasteiger partial charge in [0, 0.05) is 5.69 Å². The van der Waals surface area contributed by atoms with Gasteiger partial charge in [0.05, 0.1) is 0 Å². The molecule has 1 aromatic carbocycles. The molecule has 2 aromatic rings. The number of nitrogens with one attached hydrogen (secondary N) is 1. The van der Waals surface area contributed by atoms with Crippen molar-refractivity contribution in [3.05, 3.63) is 52.4 Å². The molecule has 0 fully saturated rings. The van der Waals surface area contributed by atoms with Gasteiger partial charge in [0.2, 0.25) is 0 Å². The smallest absolute Gasteiger partial charge is 0.291 e. The Hall–Kier alpha value is -1.55. The molecule has 4 heteroatoms. The highest BCUT2D eigenvalue weighted by Gasteiger charge is 2.14. The lowest BCUT2D eigenvalue weighted by atomic mass is 9.97. The van der Waals surface area contributed by atoms with Crippen molar-refractivity contribution in [3.63, 3.8) is 0 Å². The molecule has 19 heavy (non-hydrogen) atoms. The van der Waals surface area contributed by atoms with E-state index in [4.69, 9.17) is 4.42 Å². The van der Waals surface area contributed by atoms with Crippen LogP contribution in [0, 0.1) is 0 Å². The Morgan fingerprint density at radius 2 is 2.05 bits per heavy atom. The summed E-state index contributed by atoms with van der Waals surface area (Å²) in [6.07, 6.45) is 1.03. The summed E-state index contributed by atoms with van der Waals surface area (Å²) < 4.78 is 5.80. The van der Waals surface area contributed by atoms with Crippen LogP contribution in [0.5, 0.6) is 0 Å². The fourth-order valence-electron chi connectivity index (χ4n) is 1.88. The number of benzene rings is 1. The molecule has 2 rings (SSSR count). The second-order valence-electron chi connectivity index (χ2n) is 4.45. The highest BCUT2D eigenvalue weighted by atomic mass is 79.9. The van der Waals surface area contributed by atoms with Crippen LogP contribution in [0.1, 0.15) is 42.3 Å². The van der Waals surface area contributed by atoms with Gasteiger partial charge in [-0.05, 0) is 52.0 Å². The first-order valence-electron chi connectivity index (χ1n) is 6.27. The highest BCUT2D eigenvalue weighted by Crippen LogP contribution is 2.27. The lowest BCUT2D eigenvalue weighted by Crippen LogP contribution is -2.13. The SMILES string of the molecule is CCC(C)c1ccccc1NC(=O)c1ccc(Br)o1. The molecule has 1 N–H and O–H groups in total. The molecular formula is C15H16BrNO2. The minimum atomic E-state index is -0.235. The minimum Gasteiger partial charge on any atom is -0.444 e. The number of para-hydroxylation sites is 1. The zero-order valence-electron chi connectivity index (χ0n) is 10.9. The van der Waals surface area contributed by atoms with E-state index in [1.807, 2.05) is 24.3 Å². The molecule has 1 heterocycles. The van der Waals surface area contributed by atoms with Gasteiger partial charge in [-0.3, -0.25) is 4.79 Å². The molecule has 1 atom stereocenters. The maximum absolute atomic E-state index is 12.1. The van der Waals surface area contributed by atoms with E-state index in [1.165, 1.54) is 0 Å². The third-order valence-corrected chi connectivity index (χ3v) is 3.58. The Balaban J connectivity index is 2.21. The van der Waals surface area contributed by atoms with Gasteiger partial charge in [0.25, 0.3) is 5.91 Å². The second kappa shape index (κ2) is 6.06. The number of rotatable bonds is 4. The predicted octanol–water partition coefficient (Wildman–Crippen LogP) is 4.81. The predicted molar refractivity (Wildman–Crippen MR) is 79.5 cm³/mol. The Kier molecular flexibility index (Phi) is 4.43. The number of hydrogen-bond acceptors (Lipinski definition) is 2. The Bertz CT molecular complexity index is 577. The number of furan rings is 1. The molecule has 100 valence electrons. The van der Waals surface area contributed by atoms with Gasteiger partial charge in [-0.25, -0.2) is 0 Å². The molecule has 0 aliphatic rings. The first kappa shape index (κ1) is 13.9. The number of amides is 1. The Labute approximate surface area is 121 Å². The molecule has 0 aliphatic carbocycles. The van der Waals surface area contributed by atoms with Crippen molar-refractivity contribution in [2.75, 3.05) is 5.32 Å². The van der Waals surface area contributed by atoms with E-state index in [-0.39, 0.29) is 5.91 Å². The fraction of sp³-hybridized carbons (Fsp3) is 0.267. The van der Waals surface area contributed by atoms with Gasteiger partial charge in [-0.15, -0.1) is 0 Å². The number of halogens is 1. The average molecular weight is 322 g/mol. The van der Waals surface area contributed by atoms with E-state index in [2.05, 4.69) is 35.1 Å². The average Bonchev–Trinajstić information content (AvgIpc) is 2.85. The van der Waals surface area contributed by atoms with Crippen molar-refractivity contribution in [2.45, 2.75) is 26.2 Å². The molecule has 1 aromatic heterocycles. The van der Waals surface area contributed by atoms with Crippen LogP contribution in [-0.2, 0) is 0 Å². The van der Waals surface area contributed by atoms with Gasteiger partial charge >= 0.3 is 0 Å². The highest BCUT2D eigenvalue weighted by molar-refractivity contribution is 9.10. The van der Waals surface area contributed by atoms with Crippen LogP contribution >= 0.6 is 15.9 Å². The Morgan fingerprint density at radius 3 is 2.68 bits per heavy atom. The summed E-state index contributed by atoms with van der Waals surface area (Å²) in [6.45, 7) is 4.28. The van der Waals surface area contributed by atoms with E-state index >= 15 is 0 Å². The molecule has 1 unspecified atom stereocenters. The summed E-state index contributed by atoms with van der Waals surface area (Å²) >= 11 is 3.19. The molecule has 0 saturated carbocycles. The van der Waals surface area contributed by atoms with Crippen LogP contribution in [0.15, 0.2) is 45.5 Å². The van der Waals surface area contributed by atoms with Gasteiger partial charge in [-0.2, -0.15) is 0 Å². The van der Waals surface area contributed by atoms with Crippen LogP contribution in [0.25, 0.3) is 0 Å². The van der Waals surface area contributed by atoms with Crippen molar-refractivity contribution in [1.29, 1.82) is 0 Å². The van der Waals surface area contributed by atoms with Crippen molar-refractivity contribution < 1.29 is 9.21 Å². The van der Waals surface area contributed by atoms with E-state index < -0.39 is 0 Å². The summed E-state index contributed by atoms with van der Waals surface area (Å²) in [6, 6.07) is 11.2. The van der Waals surface area contributed by atoms with Crippen LogP contribution in [0.4, 0.5) is 5.69 Å². The summed E-state index contributed by atoms with van der Waals surface area (Å²) in [7, 11) is 0. The zero-order valence-corrected chi connectivity index (χ0v) is 12.5. The van der Waals surface area contributed by atoms with Gasteiger partial charge in [-0.1, -0.05) is 32.0 Å². The Morgan fingerprint density at radius 1 is 1.32 bits per heavy atom. The van der Waals surface area contributed by atoms with Crippen LogP contribution in [0.2, 0.25) is 0 Å². The van der Waals surface area contributed by atoms with E-state index in [0.717, 1.165) is 17.7 Å². The third kappa shape index (κ3) is 3.26. The molecule has 0 spiro atoms. The first-order valence-corrected chi connectivity index (χ1v) is 7.06. The summed E-state index contributed by atoms with van der Waals surface area (Å²) in [5.74, 6) is 0.465. The number of carbonyl (C=O) groups is 1. The first-order chi connectivity index (χ1) is 9.11. The van der Waals surface area contributed by atoms with E-state index in [9.17, 15) is 4.79 Å². The maximum Gasteiger partial charge on any atom is 0.291 e. The molecule has 0 saturated heterocycles. The molecule has 0 aliphatic heterocycles. The van der Waals surface area contributed by atoms with Crippen molar-refractivity contribution in [2.24, 2.45) is 0 Å². The van der Waals surface area contributed by atoms with E-state index in [1.54, 1.807) is 12.1 Å². The van der Waals surface area contributed by atoms with Crippen molar-refractivity contribution in [3.8, 4) is 0 Å². The van der Waals surface area contributed by atoms with Gasteiger partial charge in [0.1, 0.15) is 0 Å². The zero-order chi connectivity index (χ0) is 13.8. The lowest BCUT2D eigenvalue weighted by molar-refractivity contribution is 0.0995. The molecule has 3 nitrogen and oxygen atoms in total. The largest absolute Gasteiger partial charge is 0.444 e. The number of hydrogen-bond donors (Lipinski definition) is 1. The maximum atomic E-state index is 12.1. The van der Waals surface area contributed by atoms with Gasteiger partial charge < -0.3 is 9.73 Å². The normalized spacial score (nSPS) is 12.2. The third-order valence-electron chi connectivity index (χ3n) is 3.15. The molecule has 1 amide bonds. The van der Waals surface area contributed by atoms with Crippen LogP contribution < -0.4 is 5.32 Å². The molecular weight excluding hydrogens is 306 g/mol. The van der Waals surface area contributed by atoms with Crippen LogP contribution in [0.3, 0.4) is 0 Å². The van der Waals surface area contributed by atoms with Crippen molar-refractivity contribution in [1.82, 2.24) is 0 Å². The van der Waals surface area contributed by atoms with Gasteiger partial charge in [0.15, 0.2) is 10.4 Å². The number of anilines is 1. The summed E-state index contributed by atoms with van der Waals surface area (Å²) in [5.41, 5.74) is 1.98. The van der Waals surface area contributed by atoms with E-state index in [0.29, 0.717) is 16.3 Å². The number of carbonyl (C=O) groups excluding carboxylic acids is 1. The second-order valence-corrected chi connectivity index (χ2v) is 5.24. The van der Waals surface area contributed by atoms with Crippen LogP contribution in [-0.4, -0.2) is 5.91 Å². The lowest BCUT2D eigenvalue weighted by Gasteiger charge is -2.15. The minimum absolute atomic E-state index is 0.235. The standard InChI is InChI=1S/C15H16BrNO2/c1-3-10(2)11-6-4-5-7-12(11)17-15(18)13-8-9-14(16)19-13/h4-10H,3H2,1-2H3,(H,17,18). The monoisotopic (exact) mass is 321 g/mol. The molecule has 0 bridgehead atoms. The topological polar surface area (TPSA) is 42.2 Å². The quantitative estimate of drug-likeness (QED) is 0.878. The van der Waals surface area contributed by atoms with Crippen molar-refractivity contribution >= 4 is 27.5 Å².